The van der Waals surface area contributed by atoms with E-state index in [4.69, 9.17) is 17.3 Å². The molecule has 1 aliphatic rings. The van der Waals surface area contributed by atoms with Gasteiger partial charge < -0.3 is 5.73 Å². The number of likely N-dealkylation sites (N-methyl/N-ethyl adjacent to an activating group) is 1. The van der Waals surface area contributed by atoms with Crippen LogP contribution in [0.4, 0.5) is 0 Å². The summed E-state index contributed by atoms with van der Waals surface area (Å²) in [5.74, 6) is 0.477. The third kappa shape index (κ3) is 3.54. The molecule has 1 saturated heterocycles. The van der Waals surface area contributed by atoms with Gasteiger partial charge in [-0.05, 0) is 47.1 Å². The minimum absolute atomic E-state index is 0.0240. The Hall–Kier alpha value is -0.140. The topological polar surface area (TPSA) is 63.4 Å². The van der Waals surface area contributed by atoms with Crippen LogP contribution in [-0.4, -0.2) is 44.5 Å². The Bertz CT molecular complexity index is 594. The molecule has 0 radical (unpaired) electrons. The third-order valence-electron chi connectivity index (χ3n) is 3.83. The zero-order chi connectivity index (χ0) is 14.9. The summed E-state index contributed by atoms with van der Waals surface area (Å²) in [5.41, 5.74) is 6.89. The van der Waals surface area contributed by atoms with Gasteiger partial charge in [-0.25, -0.2) is 8.42 Å². The van der Waals surface area contributed by atoms with Gasteiger partial charge in [0.1, 0.15) is 0 Å². The predicted molar refractivity (Wildman–Crippen MR) is 85.8 cm³/mol. The van der Waals surface area contributed by atoms with Crippen molar-refractivity contribution in [2.24, 2.45) is 5.73 Å². The Morgan fingerprint density at radius 3 is 2.75 bits per heavy atom. The number of hydrogen-bond acceptors (Lipinski definition) is 4. The van der Waals surface area contributed by atoms with E-state index in [0.29, 0.717) is 18.0 Å². The maximum Gasteiger partial charge on any atom is 0.151 e. The number of halogens is 2. The van der Waals surface area contributed by atoms with Crippen LogP contribution in [0.15, 0.2) is 22.7 Å². The Morgan fingerprint density at radius 2 is 2.25 bits per heavy atom. The summed E-state index contributed by atoms with van der Waals surface area (Å²) in [4.78, 5) is 2.06. The Morgan fingerprint density at radius 1 is 1.55 bits per heavy atom. The van der Waals surface area contributed by atoms with E-state index < -0.39 is 9.84 Å². The van der Waals surface area contributed by atoms with Gasteiger partial charge in [-0.1, -0.05) is 17.7 Å². The summed E-state index contributed by atoms with van der Waals surface area (Å²) < 4.78 is 24.1. The van der Waals surface area contributed by atoms with Crippen LogP contribution >= 0.6 is 27.5 Å². The number of rotatable bonds is 4. The maximum absolute atomic E-state index is 11.6. The molecule has 2 N–H and O–H groups in total. The molecule has 2 rings (SSSR count). The van der Waals surface area contributed by atoms with Gasteiger partial charge in [-0.2, -0.15) is 0 Å². The summed E-state index contributed by atoms with van der Waals surface area (Å²) in [7, 11) is -0.966. The molecule has 1 aromatic rings. The monoisotopic (exact) mass is 380 g/mol. The average Bonchev–Trinajstić information content (AvgIpc) is 2.75. The first-order valence-electron chi connectivity index (χ1n) is 6.41. The fourth-order valence-corrected chi connectivity index (χ4v) is 4.83. The number of sulfone groups is 1. The number of nitrogens with zero attached hydrogens (tertiary/aromatic N) is 1. The van der Waals surface area contributed by atoms with E-state index in [2.05, 4.69) is 20.8 Å². The van der Waals surface area contributed by atoms with E-state index in [-0.39, 0.29) is 23.6 Å². The predicted octanol–water partition coefficient (Wildman–Crippen LogP) is 2.22. The minimum Gasteiger partial charge on any atom is -0.329 e. The third-order valence-corrected chi connectivity index (χ3v) is 6.81. The molecule has 0 spiro atoms. The molecule has 4 nitrogen and oxygen atoms in total. The standard InChI is InChI=1S/C13H18BrClN2O2S/c1-17(10-4-5-20(18,19)8-10)13(7-16)9-2-3-11(14)12(15)6-9/h2-3,6,10,13H,4-5,7-8,16H2,1H3. The van der Waals surface area contributed by atoms with E-state index in [1.165, 1.54) is 0 Å². The lowest BCUT2D eigenvalue weighted by Crippen LogP contribution is -2.39. The maximum atomic E-state index is 11.6. The lowest BCUT2D eigenvalue weighted by atomic mass is 10.0. The number of hydrogen-bond donors (Lipinski definition) is 1. The molecular weight excluding hydrogens is 364 g/mol. The molecule has 20 heavy (non-hydrogen) atoms. The molecule has 2 atom stereocenters. The largest absolute Gasteiger partial charge is 0.329 e. The van der Waals surface area contributed by atoms with Crippen LogP contribution in [-0.2, 0) is 9.84 Å². The molecule has 1 aliphatic heterocycles. The van der Waals surface area contributed by atoms with Crippen LogP contribution < -0.4 is 5.73 Å². The SMILES string of the molecule is CN(C1CCS(=O)(=O)C1)C(CN)c1ccc(Br)c(Cl)c1. The Balaban J connectivity index is 2.21. The van der Waals surface area contributed by atoms with E-state index in [1.807, 2.05) is 25.2 Å². The molecule has 112 valence electrons. The smallest absolute Gasteiger partial charge is 0.151 e. The normalized spacial score (nSPS) is 23.1. The van der Waals surface area contributed by atoms with Gasteiger partial charge in [-0.15, -0.1) is 0 Å². The van der Waals surface area contributed by atoms with Crippen molar-refractivity contribution in [1.82, 2.24) is 4.90 Å². The molecule has 1 aromatic carbocycles. The summed E-state index contributed by atoms with van der Waals surface area (Å²) in [5, 5.41) is 0.633. The fourth-order valence-electron chi connectivity index (χ4n) is 2.61. The Labute approximate surface area is 133 Å². The summed E-state index contributed by atoms with van der Waals surface area (Å²) in [6, 6.07) is 5.73. The summed E-state index contributed by atoms with van der Waals surface area (Å²) in [6.45, 7) is 0.422. The molecule has 7 heteroatoms. The van der Waals surface area contributed by atoms with Gasteiger partial charge >= 0.3 is 0 Å². The Kier molecular flexibility index (Phi) is 5.13. The van der Waals surface area contributed by atoms with Crippen molar-refractivity contribution < 1.29 is 8.42 Å². The van der Waals surface area contributed by atoms with Gasteiger partial charge in [0, 0.05) is 23.1 Å². The van der Waals surface area contributed by atoms with E-state index >= 15 is 0 Å². The molecule has 1 heterocycles. The second-order valence-electron chi connectivity index (χ2n) is 5.15. The number of benzene rings is 1. The minimum atomic E-state index is -2.90. The fraction of sp³-hybridized carbons (Fsp3) is 0.538. The lowest BCUT2D eigenvalue weighted by Gasteiger charge is -2.32. The van der Waals surface area contributed by atoms with Gasteiger partial charge in [0.25, 0.3) is 0 Å². The van der Waals surface area contributed by atoms with Crippen LogP contribution in [0, 0.1) is 0 Å². The van der Waals surface area contributed by atoms with Crippen molar-refractivity contribution in [3.8, 4) is 0 Å². The van der Waals surface area contributed by atoms with Crippen molar-refractivity contribution in [3.63, 3.8) is 0 Å². The molecule has 1 fully saturated rings. The first-order valence-corrected chi connectivity index (χ1v) is 9.40. The second-order valence-corrected chi connectivity index (χ2v) is 8.64. The van der Waals surface area contributed by atoms with Crippen LogP contribution in [0.5, 0.6) is 0 Å². The van der Waals surface area contributed by atoms with Gasteiger partial charge in [0.15, 0.2) is 9.84 Å². The van der Waals surface area contributed by atoms with Gasteiger partial charge in [0.2, 0.25) is 0 Å². The summed E-state index contributed by atoms with van der Waals surface area (Å²) in [6.07, 6.45) is 0.666. The average molecular weight is 382 g/mol. The molecule has 0 aromatic heterocycles. The molecule has 0 saturated carbocycles. The highest BCUT2D eigenvalue weighted by Crippen LogP contribution is 2.30. The highest BCUT2D eigenvalue weighted by Gasteiger charge is 2.33. The van der Waals surface area contributed by atoms with Gasteiger partial charge in [-0.3, -0.25) is 4.90 Å². The second kappa shape index (κ2) is 6.32. The van der Waals surface area contributed by atoms with Crippen molar-refractivity contribution >= 4 is 37.4 Å². The van der Waals surface area contributed by atoms with Crippen LogP contribution in [0.3, 0.4) is 0 Å². The van der Waals surface area contributed by atoms with E-state index in [9.17, 15) is 8.42 Å². The molecule has 2 unspecified atom stereocenters. The number of nitrogens with two attached hydrogens (primary N) is 1. The quantitative estimate of drug-likeness (QED) is 0.868. The van der Waals surface area contributed by atoms with Crippen molar-refractivity contribution in [2.45, 2.75) is 18.5 Å². The zero-order valence-electron chi connectivity index (χ0n) is 11.2. The van der Waals surface area contributed by atoms with Crippen LogP contribution in [0.1, 0.15) is 18.0 Å². The lowest BCUT2D eigenvalue weighted by molar-refractivity contribution is 0.192. The van der Waals surface area contributed by atoms with Crippen molar-refractivity contribution in [2.75, 3.05) is 25.1 Å². The highest BCUT2D eigenvalue weighted by molar-refractivity contribution is 9.10. The zero-order valence-corrected chi connectivity index (χ0v) is 14.4. The van der Waals surface area contributed by atoms with E-state index in [1.54, 1.807) is 0 Å². The van der Waals surface area contributed by atoms with E-state index in [0.717, 1.165) is 10.0 Å². The molecule has 0 amide bonds. The van der Waals surface area contributed by atoms with Crippen molar-refractivity contribution in [3.05, 3.63) is 33.3 Å². The first-order chi connectivity index (χ1) is 9.34. The highest BCUT2D eigenvalue weighted by atomic mass is 79.9. The van der Waals surface area contributed by atoms with Crippen molar-refractivity contribution in [1.29, 1.82) is 0 Å². The molecule has 0 aliphatic carbocycles. The molecule has 0 bridgehead atoms. The van der Waals surface area contributed by atoms with Gasteiger partial charge in [0.05, 0.1) is 16.5 Å². The van der Waals surface area contributed by atoms with Crippen LogP contribution in [0.2, 0.25) is 5.02 Å². The first kappa shape index (κ1) is 16.2. The summed E-state index contributed by atoms with van der Waals surface area (Å²) >= 11 is 9.48. The molecular formula is C13H18BrClN2O2S. The van der Waals surface area contributed by atoms with Crippen LogP contribution in [0.25, 0.3) is 0 Å².